The van der Waals surface area contributed by atoms with E-state index in [1.807, 2.05) is 0 Å². The van der Waals surface area contributed by atoms with Gasteiger partial charge in [-0.25, -0.2) is 4.79 Å². The summed E-state index contributed by atoms with van der Waals surface area (Å²) in [5.41, 5.74) is 0.989. The van der Waals surface area contributed by atoms with Crippen molar-refractivity contribution in [3.63, 3.8) is 0 Å². The number of carboxylic acid groups (broad SMARTS) is 1. The highest BCUT2D eigenvalue weighted by Crippen LogP contribution is 2.44. The number of carbonyl (C=O) groups is 2. The van der Waals surface area contributed by atoms with Gasteiger partial charge in [0.2, 0.25) is 0 Å². The highest BCUT2D eigenvalue weighted by Gasteiger charge is 2.42. The summed E-state index contributed by atoms with van der Waals surface area (Å²) in [5.74, 6) is 0.231. The lowest BCUT2D eigenvalue weighted by atomic mass is 10.1. The minimum Gasteiger partial charge on any atom is -0.477 e. The number of aromatic carboxylic acids is 1. The maximum absolute atomic E-state index is 12.3. The summed E-state index contributed by atoms with van der Waals surface area (Å²) in [6.45, 7) is 0. The van der Waals surface area contributed by atoms with E-state index in [0.29, 0.717) is 22.9 Å². The van der Waals surface area contributed by atoms with Gasteiger partial charge in [-0.3, -0.25) is 4.79 Å². The van der Waals surface area contributed by atoms with Gasteiger partial charge in [0, 0.05) is 18.2 Å². The van der Waals surface area contributed by atoms with Gasteiger partial charge in [0.05, 0.1) is 5.52 Å². The van der Waals surface area contributed by atoms with E-state index in [1.165, 1.54) is 31.7 Å². The van der Waals surface area contributed by atoms with E-state index in [0.717, 1.165) is 0 Å². The van der Waals surface area contributed by atoms with Gasteiger partial charge in [-0.15, -0.1) is 0 Å². The third-order valence-corrected chi connectivity index (χ3v) is 4.32. The number of hydrogen-bond donors (Lipinski definition) is 3. The molecule has 6 nitrogen and oxygen atoms in total. The first kappa shape index (κ1) is 12.5. The van der Waals surface area contributed by atoms with E-state index in [1.54, 1.807) is 6.07 Å². The summed E-state index contributed by atoms with van der Waals surface area (Å²) in [6, 6.07) is 3.23. The average molecular weight is 288 g/mol. The van der Waals surface area contributed by atoms with E-state index in [-0.39, 0.29) is 23.4 Å². The number of amides is 1. The van der Waals surface area contributed by atoms with E-state index in [9.17, 15) is 9.59 Å². The first-order valence-corrected chi connectivity index (χ1v) is 7.28. The lowest BCUT2D eigenvalue weighted by molar-refractivity contribution is 0.0691. The molecule has 0 aliphatic heterocycles. The Morgan fingerprint density at radius 3 is 2.43 bits per heavy atom. The van der Waals surface area contributed by atoms with Gasteiger partial charge < -0.3 is 19.8 Å². The van der Waals surface area contributed by atoms with Crippen LogP contribution < -0.4 is 5.32 Å². The molecule has 2 aliphatic carbocycles. The predicted molar refractivity (Wildman–Crippen MR) is 74.2 cm³/mol. The number of nitrogens with one attached hydrogen (secondary N) is 2. The second kappa shape index (κ2) is 4.38. The first-order valence-electron chi connectivity index (χ1n) is 7.28. The number of H-pyrrole nitrogens is 1. The SMILES string of the molecule is O=C(O)c1cc2oc(C(=O)NC(C3CC3)C3CC3)cc2[nH]1. The molecule has 2 aliphatic rings. The van der Waals surface area contributed by atoms with Crippen molar-refractivity contribution in [1.82, 2.24) is 10.3 Å². The normalized spacial score (nSPS) is 18.3. The van der Waals surface area contributed by atoms with Crippen LogP contribution in [0.4, 0.5) is 0 Å². The molecule has 110 valence electrons. The smallest absolute Gasteiger partial charge is 0.352 e. The molecular weight excluding hydrogens is 272 g/mol. The maximum Gasteiger partial charge on any atom is 0.352 e. The van der Waals surface area contributed by atoms with Crippen molar-refractivity contribution < 1.29 is 19.1 Å². The summed E-state index contributed by atoms with van der Waals surface area (Å²) >= 11 is 0. The van der Waals surface area contributed by atoms with Gasteiger partial charge in [0.1, 0.15) is 5.69 Å². The van der Waals surface area contributed by atoms with E-state index in [4.69, 9.17) is 9.52 Å². The molecule has 2 heterocycles. The van der Waals surface area contributed by atoms with E-state index in [2.05, 4.69) is 10.3 Å². The van der Waals surface area contributed by atoms with E-state index < -0.39 is 5.97 Å². The van der Waals surface area contributed by atoms with Crippen molar-refractivity contribution in [3.05, 3.63) is 23.6 Å². The standard InChI is InChI=1S/C15H16N2O4/c18-14(17-13(7-1-2-7)8-3-4-8)12-5-9-11(21-12)6-10(16-9)15(19)20/h5-8,13,16H,1-4H2,(H,17,18)(H,19,20). The molecule has 21 heavy (non-hydrogen) atoms. The molecule has 6 heteroatoms. The molecule has 0 unspecified atom stereocenters. The quantitative estimate of drug-likeness (QED) is 0.787. The number of carboxylic acids is 1. The van der Waals surface area contributed by atoms with Crippen molar-refractivity contribution in [2.45, 2.75) is 31.7 Å². The third-order valence-electron chi connectivity index (χ3n) is 4.32. The Morgan fingerprint density at radius 1 is 1.24 bits per heavy atom. The highest BCUT2D eigenvalue weighted by molar-refractivity contribution is 5.98. The molecule has 0 atom stereocenters. The number of furan rings is 1. The van der Waals surface area contributed by atoms with Crippen molar-refractivity contribution in [1.29, 1.82) is 0 Å². The van der Waals surface area contributed by atoms with Crippen LogP contribution in [0.5, 0.6) is 0 Å². The summed E-state index contributed by atoms with van der Waals surface area (Å²) in [4.78, 5) is 25.8. The number of rotatable bonds is 5. The lowest BCUT2D eigenvalue weighted by Gasteiger charge is -2.16. The molecule has 2 aromatic heterocycles. The van der Waals surface area contributed by atoms with Gasteiger partial charge >= 0.3 is 5.97 Å². The van der Waals surface area contributed by atoms with E-state index >= 15 is 0 Å². The number of hydrogen-bond acceptors (Lipinski definition) is 3. The zero-order valence-electron chi connectivity index (χ0n) is 11.4. The van der Waals surface area contributed by atoms with Crippen LogP contribution in [0.15, 0.2) is 16.5 Å². The molecule has 0 bridgehead atoms. The minimum absolute atomic E-state index is 0.0598. The Labute approximate surface area is 120 Å². The Bertz CT molecular complexity index is 678. The molecule has 0 spiro atoms. The number of fused-ring (bicyclic) bond motifs is 1. The van der Waals surface area contributed by atoms with Crippen LogP contribution in [-0.2, 0) is 0 Å². The zero-order valence-corrected chi connectivity index (χ0v) is 11.4. The van der Waals surface area contributed by atoms with Gasteiger partial charge in [0.25, 0.3) is 5.91 Å². The highest BCUT2D eigenvalue weighted by atomic mass is 16.4. The Morgan fingerprint density at radius 2 is 1.90 bits per heavy atom. The van der Waals surface area contributed by atoms with Crippen molar-refractivity contribution in [3.8, 4) is 0 Å². The van der Waals surface area contributed by atoms with Crippen molar-refractivity contribution >= 4 is 23.0 Å². The van der Waals surface area contributed by atoms with Gasteiger partial charge in [-0.1, -0.05) is 0 Å². The van der Waals surface area contributed by atoms with Crippen molar-refractivity contribution in [2.24, 2.45) is 11.8 Å². The largest absolute Gasteiger partial charge is 0.477 e. The second-order valence-corrected chi connectivity index (χ2v) is 6.05. The van der Waals surface area contributed by atoms with Crippen LogP contribution in [0.1, 0.15) is 46.7 Å². The molecule has 0 radical (unpaired) electrons. The third kappa shape index (κ3) is 2.30. The Kier molecular flexibility index (Phi) is 2.60. The summed E-state index contributed by atoms with van der Waals surface area (Å²) in [7, 11) is 0. The second-order valence-electron chi connectivity index (χ2n) is 6.05. The van der Waals surface area contributed by atoms with Gasteiger partial charge in [-0.05, 0) is 37.5 Å². The number of aromatic nitrogens is 1. The molecule has 2 saturated carbocycles. The fourth-order valence-electron chi connectivity index (χ4n) is 2.90. The molecule has 3 N–H and O–H groups in total. The molecule has 1 amide bonds. The maximum atomic E-state index is 12.3. The monoisotopic (exact) mass is 288 g/mol. The zero-order chi connectivity index (χ0) is 14.6. The Balaban J connectivity index is 1.53. The topological polar surface area (TPSA) is 95.3 Å². The fourth-order valence-corrected chi connectivity index (χ4v) is 2.90. The van der Waals surface area contributed by atoms with Gasteiger partial charge in [-0.2, -0.15) is 0 Å². The number of carbonyl (C=O) groups excluding carboxylic acids is 1. The Hall–Kier alpha value is -2.24. The first-order chi connectivity index (χ1) is 10.1. The predicted octanol–water partition coefficient (Wildman–Crippen LogP) is 2.38. The number of aromatic amines is 1. The summed E-state index contributed by atoms with van der Waals surface area (Å²) in [5, 5.41) is 12.0. The van der Waals surface area contributed by atoms with Crippen LogP contribution in [0, 0.1) is 11.8 Å². The molecule has 0 saturated heterocycles. The summed E-state index contributed by atoms with van der Waals surface area (Å²) in [6.07, 6.45) is 4.79. The molecule has 4 rings (SSSR count). The van der Waals surface area contributed by atoms with Crippen molar-refractivity contribution in [2.75, 3.05) is 0 Å². The van der Waals surface area contributed by atoms with Crippen LogP contribution >= 0.6 is 0 Å². The molecule has 2 aromatic rings. The minimum atomic E-state index is -1.05. The molecule has 0 aromatic carbocycles. The van der Waals surface area contributed by atoms with Crippen LogP contribution in [0.2, 0.25) is 0 Å². The average Bonchev–Trinajstić information content (AvgIpc) is 3.33. The van der Waals surface area contributed by atoms with Crippen LogP contribution in [0.3, 0.4) is 0 Å². The van der Waals surface area contributed by atoms with Gasteiger partial charge in [0.15, 0.2) is 11.3 Å². The molecular formula is C15H16N2O4. The lowest BCUT2D eigenvalue weighted by Crippen LogP contribution is -2.37. The molecule has 2 fully saturated rings. The fraction of sp³-hybridized carbons (Fsp3) is 0.467. The van der Waals surface area contributed by atoms with Crippen LogP contribution in [-0.4, -0.2) is 28.0 Å². The summed E-state index contributed by atoms with van der Waals surface area (Å²) < 4.78 is 5.46. The van der Waals surface area contributed by atoms with Crippen LogP contribution in [0.25, 0.3) is 11.1 Å².